The number of nitrogen functional groups attached to an aromatic ring is 1. The second-order valence-electron chi connectivity index (χ2n) is 7.17. The van der Waals surface area contributed by atoms with Crippen molar-refractivity contribution in [3.63, 3.8) is 0 Å². The molecule has 4 rings (SSSR count). The van der Waals surface area contributed by atoms with Gasteiger partial charge in [-0.1, -0.05) is 28.7 Å². The lowest BCUT2D eigenvalue weighted by molar-refractivity contribution is 0.0949. The van der Waals surface area contributed by atoms with Gasteiger partial charge in [0.1, 0.15) is 10.1 Å². The molecule has 3 heterocycles. The highest BCUT2D eigenvalue weighted by atomic mass is 32.2. The maximum atomic E-state index is 12.9. The van der Waals surface area contributed by atoms with Gasteiger partial charge in [0.05, 0.1) is 18.5 Å². The van der Waals surface area contributed by atoms with Crippen molar-refractivity contribution in [2.45, 2.75) is 19.6 Å². The van der Waals surface area contributed by atoms with E-state index in [-0.39, 0.29) is 23.1 Å². The summed E-state index contributed by atoms with van der Waals surface area (Å²) < 4.78 is 6.89. The van der Waals surface area contributed by atoms with E-state index in [9.17, 15) is 9.90 Å². The Hall–Kier alpha value is -3.59. The molecule has 0 aliphatic carbocycles. The van der Waals surface area contributed by atoms with E-state index < -0.39 is 5.91 Å². The molecule has 4 N–H and O–H groups in total. The summed E-state index contributed by atoms with van der Waals surface area (Å²) in [6, 6.07) is 5.28. The van der Waals surface area contributed by atoms with Crippen LogP contribution in [0.25, 0.3) is 5.82 Å². The van der Waals surface area contributed by atoms with E-state index in [1.54, 1.807) is 23.9 Å². The monoisotopic (exact) mass is 516 g/mol. The second-order valence-corrected chi connectivity index (χ2v) is 9.48. The van der Waals surface area contributed by atoms with E-state index >= 15 is 0 Å². The van der Waals surface area contributed by atoms with Gasteiger partial charge in [0.2, 0.25) is 11.6 Å². The van der Waals surface area contributed by atoms with Crippen LogP contribution >= 0.6 is 23.5 Å². The van der Waals surface area contributed by atoms with E-state index in [1.165, 1.54) is 22.7 Å². The maximum Gasteiger partial charge on any atom is 0.293 e. The largest absolute Gasteiger partial charge is 0.507 e. The Balaban J connectivity index is 1.51. The van der Waals surface area contributed by atoms with Gasteiger partial charge in [-0.15, -0.1) is 5.10 Å². The second kappa shape index (κ2) is 11.2. The van der Waals surface area contributed by atoms with E-state index in [2.05, 4.69) is 45.7 Å². The molecule has 0 bridgehead atoms. The average Bonchev–Trinajstić information content (AvgIpc) is 3.60. The van der Waals surface area contributed by atoms with Crippen molar-refractivity contribution >= 4 is 51.5 Å². The highest BCUT2D eigenvalue weighted by molar-refractivity contribution is 8.38. The number of hydrogen-bond acceptors (Lipinski definition) is 13. The Kier molecular flexibility index (Phi) is 7.87. The van der Waals surface area contributed by atoms with Crippen LogP contribution in [0.5, 0.6) is 5.75 Å². The number of aromatic nitrogens is 5. The van der Waals surface area contributed by atoms with Gasteiger partial charge in [-0.25, -0.2) is 10.1 Å². The molecule has 13 nitrogen and oxygen atoms in total. The summed E-state index contributed by atoms with van der Waals surface area (Å²) in [7, 11) is 0. The van der Waals surface area contributed by atoms with E-state index in [4.69, 9.17) is 5.73 Å². The number of thioether (sulfide) groups is 2. The summed E-state index contributed by atoms with van der Waals surface area (Å²) in [5, 5.41) is 29.7. The fourth-order valence-electron chi connectivity index (χ4n) is 3.29. The number of carbonyl (C=O) groups is 1. The Morgan fingerprint density at radius 1 is 1.40 bits per heavy atom. The third-order valence-electron chi connectivity index (χ3n) is 5.08. The molecule has 0 atom stereocenters. The molecule has 0 fully saturated rings. The Bertz CT molecular complexity index is 1250. The van der Waals surface area contributed by atoms with Crippen molar-refractivity contribution in [2.24, 2.45) is 10.1 Å². The first-order chi connectivity index (χ1) is 17.0. The number of nitrogens with zero attached hydrogens (tertiary/aromatic N) is 8. The van der Waals surface area contributed by atoms with Crippen LogP contribution in [0.3, 0.4) is 0 Å². The van der Waals surface area contributed by atoms with Gasteiger partial charge < -0.3 is 15.7 Å². The number of nitrogens with two attached hydrogens (primary N) is 1. The molecule has 1 amide bonds. The van der Waals surface area contributed by atoms with Crippen molar-refractivity contribution in [1.29, 1.82) is 0 Å². The van der Waals surface area contributed by atoms with Gasteiger partial charge in [-0.3, -0.25) is 9.79 Å². The van der Waals surface area contributed by atoms with Gasteiger partial charge in [0, 0.05) is 41.9 Å². The quantitative estimate of drug-likeness (QED) is 0.280. The van der Waals surface area contributed by atoms with E-state index in [0.717, 1.165) is 35.5 Å². The number of aromatic hydroxyl groups is 1. The van der Waals surface area contributed by atoms with Crippen LogP contribution in [-0.4, -0.2) is 72.3 Å². The van der Waals surface area contributed by atoms with Crippen LogP contribution in [-0.2, 0) is 5.75 Å². The Morgan fingerprint density at radius 2 is 2.23 bits per heavy atom. The molecule has 184 valence electrons. The number of benzene rings is 1. The molecule has 3 aromatic rings. The van der Waals surface area contributed by atoms with Gasteiger partial charge in [0.15, 0.2) is 5.69 Å². The molecule has 0 unspecified atom stereocenters. The van der Waals surface area contributed by atoms with Crippen molar-refractivity contribution in [1.82, 2.24) is 30.7 Å². The molecule has 35 heavy (non-hydrogen) atoms. The first-order valence-electron chi connectivity index (χ1n) is 10.8. The zero-order valence-electron chi connectivity index (χ0n) is 19.1. The lowest BCUT2D eigenvalue weighted by Crippen LogP contribution is -2.21. The Labute approximate surface area is 209 Å². The van der Waals surface area contributed by atoms with Gasteiger partial charge in [0.25, 0.3) is 5.91 Å². The maximum absolute atomic E-state index is 12.9. The summed E-state index contributed by atoms with van der Waals surface area (Å²) in [5.74, 6) is 0.880. The molecule has 0 radical (unpaired) electrons. The van der Waals surface area contributed by atoms with Crippen LogP contribution in [0, 0.1) is 0 Å². The third kappa shape index (κ3) is 5.57. The molecule has 1 aliphatic heterocycles. The highest BCUT2D eigenvalue weighted by Crippen LogP contribution is 2.28. The summed E-state index contributed by atoms with van der Waals surface area (Å²) in [6.45, 7) is 6.49. The SMILES string of the molecule is CCN(CC)c1ccc(/C=N\NC(=O)c2nnn(-c3nonc3N)c2CSC2=NCCS2)c(O)c1. The topological polar surface area (TPSA) is 173 Å². The number of phenolic OH excluding ortho intramolecular Hbond substituents is 1. The van der Waals surface area contributed by atoms with Crippen LogP contribution < -0.4 is 16.1 Å². The van der Waals surface area contributed by atoms with Crippen LogP contribution in [0.15, 0.2) is 32.9 Å². The number of phenols is 1. The molecule has 0 saturated carbocycles. The molecule has 2 aromatic heterocycles. The van der Waals surface area contributed by atoms with Crippen molar-refractivity contribution in [3.8, 4) is 11.6 Å². The molecule has 15 heteroatoms. The fourth-order valence-corrected chi connectivity index (χ4v) is 5.29. The van der Waals surface area contributed by atoms with Gasteiger partial charge >= 0.3 is 0 Å². The lowest BCUT2D eigenvalue weighted by Gasteiger charge is -2.21. The smallest absolute Gasteiger partial charge is 0.293 e. The van der Waals surface area contributed by atoms with E-state index in [0.29, 0.717) is 17.0 Å². The van der Waals surface area contributed by atoms with E-state index in [1.807, 2.05) is 19.9 Å². The first kappa shape index (κ1) is 24.5. The first-order valence-corrected chi connectivity index (χ1v) is 12.7. The number of aliphatic imine (C=N–C) groups is 1. The molecule has 1 aliphatic rings. The number of carbonyl (C=O) groups excluding carboxylic acids is 1. The minimum Gasteiger partial charge on any atom is -0.507 e. The van der Waals surface area contributed by atoms with Crippen LogP contribution in [0.4, 0.5) is 11.5 Å². The number of rotatable bonds is 9. The third-order valence-corrected chi connectivity index (χ3v) is 7.34. The van der Waals surface area contributed by atoms with Crippen LogP contribution in [0.1, 0.15) is 35.6 Å². The molecule has 1 aromatic carbocycles. The number of hydrogen-bond donors (Lipinski definition) is 3. The minimum absolute atomic E-state index is 0.0161. The lowest BCUT2D eigenvalue weighted by atomic mass is 10.2. The summed E-state index contributed by atoms with van der Waals surface area (Å²) in [6.07, 6.45) is 1.36. The number of anilines is 2. The number of amides is 1. The van der Waals surface area contributed by atoms with Gasteiger partial charge in [-0.05, 0) is 36.3 Å². The predicted octanol–water partition coefficient (Wildman–Crippen LogP) is 1.88. The molecule has 0 spiro atoms. The minimum atomic E-state index is -0.585. The summed E-state index contributed by atoms with van der Waals surface area (Å²) >= 11 is 3.10. The zero-order valence-corrected chi connectivity index (χ0v) is 20.7. The molecule has 0 saturated heterocycles. The summed E-state index contributed by atoms with van der Waals surface area (Å²) in [5.41, 5.74) is 10.1. The predicted molar refractivity (Wildman–Crippen MR) is 136 cm³/mol. The summed E-state index contributed by atoms with van der Waals surface area (Å²) in [4.78, 5) is 19.4. The van der Waals surface area contributed by atoms with Crippen molar-refractivity contribution in [2.75, 3.05) is 36.0 Å². The standard InChI is InChI=1S/C20H24N10O3S2/c1-3-29(4-2)13-6-5-12(15(31)9-13)10-23-25-19(32)16-14(11-35-20-22-7-8-34-20)30(28-24-16)18-17(21)26-33-27-18/h5-6,9-10,31H,3-4,7-8,11H2,1-2H3,(H2,21,26)(H,25,32)/b23-10-. The van der Waals surface area contributed by atoms with Gasteiger partial charge in [-0.2, -0.15) is 9.78 Å². The van der Waals surface area contributed by atoms with Crippen molar-refractivity contribution < 1.29 is 14.5 Å². The number of hydrazone groups is 1. The zero-order chi connectivity index (χ0) is 24.8. The normalized spacial score (nSPS) is 13.4. The van der Waals surface area contributed by atoms with Crippen LogP contribution in [0.2, 0.25) is 0 Å². The highest BCUT2D eigenvalue weighted by Gasteiger charge is 2.24. The Morgan fingerprint density at radius 3 is 2.89 bits per heavy atom. The average molecular weight is 517 g/mol. The molecular formula is C20H24N10O3S2. The fraction of sp³-hybridized carbons (Fsp3) is 0.350. The van der Waals surface area contributed by atoms with Crippen molar-refractivity contribution in [3.05, 3.63) is 35.2 Å². The number of nitrogens with one attached hydrogen (secondary N) is 1. The molecular weight excluding hydrogens is 492 g/mol.